The Balaban J connectivity index is 2.16. The Bertz CT molecular complexity index is 1190. The zero-order valence-corrected chi connectivity index (χ0v) is 15.4. The summed E-state index contributed by atoms with van der Waals surface area (Å²) in [6.07, 6.45) is 1.10. The third kappa shape index (κ3) is 3.81. The molecule has 0 aliphatic heterocycles. The van der Waals surface area contributed by atoms with Gasteiger partial charge in [0.05, 0.1) is 16.4 Å². The Hall–Kier alpha value is -2.84. The van der Waals surface area contributed by atoms with Crippen LogP contribution in [0.15, 0.2) is 46.2 Å². The summed E-state index contributed by atoms with van der Waals surface area (Å²) in [6, 6.07) is 7.73. The lowest BCUT2D eigenvalue weighted by molar-refractivity contribution is 0.432. The molecule has 2 N–H and O–H groups in total. The van der Waals surface area contributed by atoms with E-state index >= 15 is 0 Å². The zero-order valence-electron chi connectivity index (χ0n) is 13.8. The van der Waals surface area contributed by atoms with Gasteiger partial charge in [0, 0.05) is 6.21 Å². The van der Waals surface area contributed by atoms with Gasteiger partial charge < -0.3 is 5.11 Å². The molecule has 27 heavy (non-hydrogen) atoms. The fourth-order valence-corrected chi connectivity index (χ4v) is 2.83. The number of aromatic hydroxyl groups is 1. The topological polar surface area (TPSA) is 70.4 Å². The molecule has 0 saturated carbocycles. The molecule has 0 unspecified atom stereocenters. The van der Waals surface area contributed by atoms with Gasteiger partial charge >= 0.3 is 0 Å². The van der Waals surface area contributed by atoms with Gasteiger partial charge in [-0.25, -0.2) is 8.78 Å². The minimum absolute atomic E-state index is 0.112. The van der Waals surface area contributed by atoms with E-state index in [-0.39, 0.29) is 21.0 Å². The highest BCUT2D eigenvalue weighted by atomic mass is 35.5. The summed E-state index contributed by atoms with van der Waals surface area (Å²) in [4.78, 5) is 18.7. The molecule has 0 bridgehead atoms. The van der Waals surface area contributed by atoms with E-state index in [0.717, 1.165) is 16.8 Å². The molecule has 3 aromatic rings. The minimum Gasteiger partial charge on any atom is -0.494 e. The Morgan fingerprint density at radius 1 is 1.26 bits per heavy atom. The molecule has 3 rings (SSSR count). The fraction of sp³-hybridized carbons (Fsp3) is 0.0556. The van der Waals surface area contributed by atoms with E-state index < -0.39 is 23.1 Å². The molecule has 0 fully saturated rings. The number of nitrogens with one attached hydrogen (secondary N) is 1. The van der Waals surface area contributed by atoms with Crippen molar-refractivity contribution in [1.29, 1.82) is 0 Å². The van der Waals surface area contributed by atoms with Crippen molar-refractivity contribution in [3.8, 4) is 11.6 Å². The third-order valence-electron chi connectivity index (χ3n) is 3.79. The molecule has 0 aliphatic carbocycles. The summed E-state index contributed by atoms with van der Waals surface area (Å²) >= 11 is 10.9. The van der Waals surface area contributed by atoms with Crippen molar-refractivity contribution in [3.63, 3.8) is 0 Å². The standard InChI is InChI=1S/C18H12ClF2N3O2S/c1-9-2-3-10(20)6-15(9)22-8-12-16(25)23-18(27)24(17(12)26)11-4-5-14(21)13(19)7-11/h2-8,26H,1H3,(H,23,25,27). The van der Waals surface area contributed by atoms with Crippen LogP contribution in [-0.4, -0.2) is 20.9 Å². The maximum absolute atomic E-state index is 13.4. The van der Waals surface area contributed by atoms with Gasteiger partial charge in [-0.3, -0.25) is 19.3 Å². The van der Waals surface area contributed by atoms with Crippen LogP contribution in [0.5, 0.6) is 5.88 Å². The average Bonchev–Trinajstić information content (AvgIpc) is 2.60. The number of benzene rings is 2. The Kier molecular flexibility index (Phi) is 5.20. The number of aliphatic imine (C=N–C) groups is 1. The summed E-state index contributed by atoms with van der Waals surface area (Å²) < 4.78 is 27.8. The normalized spacial score (nSPS) is 11.3. The Morgan fingerprint density at radius 3 is 2.70 bits per heavy atom. The molecular formula is C18H12ClF2N3O2S. The second-order valence-electron chi connectivity index (χ2n) is 5.62. The summed E-state index contributed by atoms with van der Waals surface area (Å²) in [7, 11) is 0. The van der Waals surface area contributed by atoms with E-state index in [1.807, 2.05) is 0 Å². The molecule has 0 aliphatic rings. The molecule has 9 heteroatoms. The van der Waals surface area contributed by atoms with Gasteiger partial charge in [0.15, 0.2) is 4.77 Å². The van der Waals surface area contributed by atoms with Crippen LogP contribution in [0.3, 0.4) is 0 Å². The van der Waals surface area contributed by atoms with Crippen LogP contribution < -0.4 is 5.56 Å². The SMILES string of the molecule is Cc1ccc(F)cc1N=Cc1c(O)n(-c2ccc(F)c(Cl)c2)c(=S)[nH]c1=O. The number of rotatable bonds is 3. The lowest BCUT2D eigenvalue weighted by Crippen LogP contribution is -2.18. The Morgan fingerprint density at radius 2 is 2.00 bits per heavy atom. The third-order valence-corrected chi connectivity index (χ3v) is 4.36. The molecule has 0 spiro atoms. The van der Waals surface area contributed by atoms with Crippen molar-refractivity contribution in [2.75, 3.05) is 0 Å². The number of H-pyrrole nitrogens is 1. The lowest BCUT2D eigenvalue weighted by atomic mass is 10.2. The van der Waals surface area contributed by atoms with Gasteiger partial charge in [0.1, 0.15) is 17.2 Å². The average molecular weight is 408 g/mol. The second kappa shape index (κ2) is 7.42. The van der Waals surface area contributed by atoms with E-state index in [4.69, 9.17) is 23.8 Å². The zero-order chi connectivity index (χ0) is 19.7. The molecule has 1 aromatic heterocycles. The molecule has 5 nitrogen and oxygen atoms in total. The predicted octanol–water partition coefficient (Wildman–Crippen LogP) is 4.59. The van der Waals surface area contributed by atoms with Crippen molar-refractivity contribution >= 4 is 35.7 Å². The van der Waals surface area contributed by atoms with Crippen LogP contribution in [0, 0.1) is 23.3 Å². The quantitative estimate of drug-likeness (QED) is 0.492. The van der Waals surface area contributed by atoms with Crippen LogP contribution in [0.1, 0.15) is 11.1 Å². The monoisotopic (exact) mass is 407 g/mol. The predicted molar refractivity (Wildman–Crippen MR) is 102 cm³/mol. The minimum atomic E-state index is -0.681. The van der Waals surface area contributed by atoms with Crippen molar-refractivity contribution in [1.82, 2.24) is 9.55 Å². The van der Waals surface area contributed by atoms with Crippen molar-refractivity contribution < 1.29 is 13.9 Å². The first-order chi connectivity index (χ1) is 12.8. The first kappa shape index (κ1) is 18.9. The number of hydrogen-bond donors (Lipinski definition) is 2. The van der Waals surface area contributed by atoms with Crippen molar-refractivity contribution in [3.05, 3.63) is 79.3 Å². The number of aromatic amines is 1. The maximum Gasteiger partial charge on any atom is 0.264 e. The smallest absolute Gasteiger partial charge is 0.264 e. The highest BCUT2D eigenvalue weighted by Crippen LogP contribution is 2.24. The van der Waals surface area contributed by atoms with E-state index in [9.17, 15) is 18.7 Å². The van der Waals surface area contributed by atoms with Gasteiger partial charge in [-0.05, 0) is 55.0 Å². The molecule has 2 aromatic carbocycles. The highest BCUT2D eigenvalue weighted by molar-refractivity contribution is 7.71. The summed E-state index contributed by atoms with van der Waals surface area (Å²) in [5.74, 6) is -1.63. The number of aryl methyl sites for hydroxylation is 1. The van der Waals surface area contributed by atoms with Gasteiger partial charge in [-0.1, -0.05) is 17.7 Å². The van der Waals surface area contributed by atoms with Gasteiger partial charge in [0.25, 0.3) is 5.56 Å². The van der Waals surface area contributed by atoms with Gasteiger partial charge in [0.2, 0.25) is 5.88 Å². The van der Waals surface area contributed by atoms with Gasteiger partial charge in [-0.2, -0.15) is 0 Å². The van der Waals surface area contributed by atoms with Crippen LogP contribution in [0.25, 0.3) is 5.69 Å². The van der Waals surface area contributed by atoms with Crippen LogP contribution >= 0.6 is 23.8 Å². The summed E-state index contributed by atoms with van der Waals surface area (Å²) in [5, 5.41) is 10.4. The van der Waals surface area contributed by atoms with Crippen LogP contribution in [-0.2, 0) is 0 Å². The van der Waals surface area contributed by atoms with E-state index in [1.54, 1.807) is 13.0 Å². The van der Waals surface area contributed by atoms with Crippen LogP contribution in [0.4, 0.5) is 14.5 Å². The lowest BCUT2D eigenvalue weighted by Gasteiger charge is -2.11. The van der Waals surface area contributed by atoms with Crippen molar-refractivity contribution in [2.45, 2.75) is 6.92 Å². The largest absolute Gasteiger partial charge is 0.494 e. The molecule has 138 valence electrons. The van der Waals surface area contributed by atoms with Crippen molar-refractivity contribution in [2.24, 2.45) is 4.99 Å². The van der Waals surface area contributed by atoms with E-state index in [0.29, 0.717) is 11.3 Å². The molecule has 0 amide bonds. The first-order valence-electron chi connectivity index (χ1n) is 7.62. The second-order valence-corrected chi connectivity index (χ2v) is 6.41. The first-order valence-corrected chi connectivity index (χ1v) is 8.40. The number of aromatic nitrogens is 2. The number of halogens is 3. The number of hydrogen-bond acceptors (Lipinski definition) is 4. The van der Waals surface area contributed by atoms with Gasteiger partial charge in [-0.15, -0.1) is 0 Å². The van der Waals surface area contributed by atoms with E-state index in [2.05, 4.69) is 9.98 Å². The molecular weight excluding hydrogens is 396 g/mol. The Labute approximate surface area is 162 Å². The van der Waals surface area contributed by atoms with E-state index in [1.165, 1.54) is 24.3 Å². The molecule has 0 saturated heterocycles. The van der Waals surface area contributed by atoms with Crippen LogP contribution in [0.2, 0.25) is 5.02 Å². The summed E-state index contributed by atoms with van der Waals surface area (Å²) in [5.41, 5.74) is 0.346. The molecule has 1 heterocycles. The highest BCUT2D eigenvalue weighted by Gasteiger charge is 2.14. The fourth-order valence-electron chi connectivity index (χ4n) is 2.37. The summed E-state index contributed by atoms with van der Waals surface area (Å²) in [6.45, 7) is 1.73. The maximum atomic E-state index is 13.4. The molecule has 0 atom stereocenters. The molecule has 0 radical (unpaired) electrons. The number of nitrogens with zero attached hydrogens (tertiary/aromatic N) is 2.